The summed E-state index contributed by atoms with van der Waals surface area (Å²) in [7, 11) is -3.77. The number of benzene rings is 1. The van der Waals surface area contributed by atoms with Crippen LogP contribution in [0.3, 0.4) is 0 Å². The number of anilines is 2. The van der Waals surface area contributed by atoms with Gasteiger partial charge in [-0.15, -0.1) is 0 Å². The first-order chi connectivity index (χ1) is 9.03. The van der Waals surface area contributed by atoms with Crippen molar-refractivity contribution < 1.29 is 8.42 Å². The van der Waals surface area contributed by atoms with E-state index in [1.54, 1.807) is 24.3 Å². The molecule has 6 nitrogen and oxygen atoms in total. The van der Waals surface area contributed by atoms with Gasteiger partial charge in [0.15, 0.2) is 5.82 Å². The van der Waals surface area contributed by atoms with Crippen molar-refractivity contribution in [3.05, 3.63) is 47.6 Å². The third-order valence-corrected chi connectivity index (χ3v) is 3.96. The van der Waals surface area contributed by atoms with Gasteiger partial charge in [-0.2, -0.15) is 0 Å². The number of pyridine rings is 1. The lowest BCUT2D eigenvalue weighted by Crippen LogP contribution is -2.18. The molecule has 0 fully saturated rings. The molecule has 1 aromatic carbocycles. The first-order valence-corrected chi connectivity index (χ1v) is 7.09. The summed E-state index contributed by atoms with van der Waals surface area (Å²) in [5.74, 6) is 5.31. The number of nitrogen functional groups attached to an aromatic ring is 1. The highest BCUT2D eigenvalue weighted by Gasteiger charge is 2.18. The Hall–Kier alpha value is -1.83. The summed E-state index contributed by atoms with van der Waals surface area (Å²) in [5.41, 5.74) is 2.64. The van der Waals surface area contributed by atoms with Crippen LogP contribution in [-0.2, 0) is 10.0 Å². The second-order valence-corrected chi connectivity index (χ2v) is 5.69. The molecule has 0 atom stereocenters. The Morgan fingerprint density at radius 2 is 1.84 bits per heavy atom. The van der Waals surface area contributed by atoms with E-state index in [-0.39, 0.29) is 10.7 Å². The molecule has 2 aromatic rings. The van der Waals surface area contributed by atoms with Crippen LogP contribution in [0, 0.1) is 0 Å². The number of halogens is 1. The predicted molar refractivity (Wildman–Crippen MR) is 74.3 cm³/mol. The van der Waals surface area contributed by atoms with Gasteiger partial charge >= 0.3 is 0 Å². The van der Waals surface area contributed by atoms with Crippen molar-refractivity contribution in [1.82, 2.24) is 4.98 Å². The molecule has 0 aliphatic rings. The molecule has 19 heavy (non-hydrogen) atoms. The van der Waals surface area contributed by atoms with E-state index in [2.05, 4.69) is 15.1 Å². The maximum atomic E-state index is 12.2. The number of hydrazine groups is 1. The summed E-state index contributed by atoms with van der Waals surface area (Å²) in [6.45, 7) is 0. The molecule has 8 heteroatoms. The molecule has 1 heterocycles. The molecule has 1 aromatic heterocycles. The summed E-state index contributed by atoms with van der Waals surface area (Å²) in [6.07, 6.45) is 1.44. The van der Waals surface area contributed by atoms with E-state index in [1.165, 1.54) is 18.3 Å². The fourth-order valence-electron chi connectivity index (χ4n) is 1.44. The molecule has 0 saturated heterocycles. The van der Waals surface area contributed by atoms with Gasteiger partial charge in [-0.1, -0.05) is 11.6 Å². The summed E-state index contributed by atoms with van der Waals surface area (Å²) in [6, 6.07) is 9.21. The minimum absolute atomic E-state index is 0.0348. The SMILES string of the molecule is NNc1ncccc1S(=O)(=O)Nc1ccc(Cl)cc1. The van der Waals surface area contributed by atoms with Crippen LogP contribution in [-0.4, -0.2) is 13.4 Å². The molecule has 100 valence electrons. The highest BCUT2D eigenvalue weighted by molar-refractivity contribution is 7.92. The maximum absolute atomic E-state index is 12.2. The average Bonchev–Trinajstić information content (AvgIpc) is 2.41. The van der Waals surface area contributed by atoms with Crippen molar-refractivity contribution in [3.8, 4) is 0 Å². The van der Waals surface area contributed by atoms with Crippen molar-refractivity contribution in [2.75, 3.05) is 10.1 Å². The Kier molecular flexibility index (Phi) is 3.89. The Bertz CT molecular complexity index is 673. The summed E-state index contributed by atoms with van der Waals surface area (Å²) in [4.78, 5) is 3.81. The molecule has 0 radical (unpaired) electrons. The maximum Gasteiger partial charge on any atom is 0.265 e. The van der Waals surface area contributed by atoms with Gasteiger partial charge in [0.05, 0.1) is 0 Å². The number of hydrogen-bond donors (Lipinski definition) is 3. The second-order valence-electron chi connectivity index (χ2n) is 3.61. The van der Waals surface area contributed by atoms with Crippen molar-refractivity contribution in [2.45, 2.75) is 4.90 Å². The van der Waals surface area contributed by atoms with Crippen LogP contribution in [0.5, 0.6) is 0 Å². The van der Waals surface area contributed by atoms with Crippen LogP contribution in [0.25, 0.3) is 0 Å². The van der Waals surface area contributed by atoms with Gasteiger partial charge in [0, 0.05) is 16.9 Å². The molecule has 0 amide bonds. The number of sulfonamides is 1. The molecule has 2 rings (SSSR count). The van der Waals surface area contributed by atoms with Crippen LogP contribution in [0.15, 0.2) is 47.5 Å². The molecule has 0 unspecified atom stereocenters. The van der Waals surface area contributed by atoms with Crippen molar-refractivity contribution >= 4 is 33.1 Å². The van der Waals surface area contributed by atoms with Crippen LogP contribution >= 0.6 is 11.6 Å². The molecule has 0 aliphatic carbocycles. The van der Waals surface area contributed by atoms with E-state index in [0.29, 0.717) is 10.7 Å². The number of nitrogens with one attached hydrogen (secondary N) is 2. The van der Waals surface area contributed by atoms with Crippen LogP contribution in [0.4, 0.5) is 11.5 Å². The zero-order valence-electron chi connectivity index (χ0n) is 9.67. The highest BCUT2D eigenvalue weighted by Crippen LogP contribution is 2.21. The van der Waals surface area contributed by atoms with Crippen molar-refractivity contribution in [1.29, 1.82) is 0 Å². The van der Waals surface area contributed by atoms with Crippen molar-refractivity contribution in [2.24, 2.45) is 5.84 Å². The molecular weight excluding hydrogens is 288 g/mol. The summed E-state index contributed by atoms with van der Waals surface area (Å²) in [5, 5.41) is 0.522. The van der Waals surface area contributed by atoms with Crippen LogP contribution in [0.2, 0.25) is 5.02 Å². The Morgan fingerprint density at radius 3 is 2.47 bits per heavy atom. The smallest absolute Gasteiger partial charge is 0.265 e. The van der Waals surface area contributed by atoms with Crippen LogP contribution < -0.4 is 16.0 Å². The molecule has 0 spiro atoms. The van der Waals surface area contributed by atoms with Gasteiger partial charge in [0.25, 0.3) is 10.0 Å². The first-order valence-electron chi connectivity index (χ1n) is 5.23. The number of nitrogens with two attached hydrogens (primary N) is 1. The zero-order chi connectivity index (χ0) is 13.9. The van der Waals surface area contributed by atoms with Gasteiger partial charge in [0.1, 0.15) is 4.90 Å². The number of rotatable bonds is 4. The van der Waals surface area contributed by atoms with Crippen LogP contribution in [0.1, 0.15) is 0 Å². The predicted octanol–water partition coefficient (Wildman–Crippen LogP) is 1.82. The number of hydrogen-bond acceptors (Lipinski definition) is 5. The van der Waals surface area contributed by atoms with E-state index in [4.69, 9.17) is 17.4 Å². The molecule has 4 N–H and O–H groups in total. The number of aromatic nitrogens is 1. The standard InChI is InChI=1S/C11H11ClN4O2S/c12-8-3-5-9(6-4-8)16-19(17,18)10-2-1-7-14-11(10)15-13/h1-7,16H,13H2,(H,14,15). The lowest BCUT2D eigenvalue weighted by molar-refractivity contribution is 0.601. The van der Waals surface area contributed by atoms with Crippen molar-refractivity contribution in [3.63, 3.8) is 0 Å². The minimum atomic E-state index is -3.77. The third-order valence-electron chi connectivity index (χ3n) is 2.29. The Balaban J connectivity index is 2.35. The van der Waals surface area contributed by atoms with E-state index >= 15 is 0 Å². The second kappa shape index (κ2) is 5.43. The number of nitrogens with zero attached hydrogens (tertiary/aromatic N) is 1. The topological polar surface area (TPSA) is 97.1 Å². The van der Waals surface area contributed by atoms with Gasteiger partial charge in [-0.05, 0) is 36.4 Å². The lowest BCUT2D eigenvalue weighted by atomic mass is 10.3. The van der Waals surface area contributed by atoms with E-state index < -0.39 is 10.0 Å². The van der Waals surface area contributed by atoms with E-state index in [9.17, 15) is 8.42 Å². The largest absolute Gasteiger partial charge is 0.307 e. The first kappa shape index (κ1) is 13.6. The average molecular weight is 299 g/mol. The van der Waals surface area contributed by atoms with Gasteiger partial charge < -0.3 is 5.43 Å². The quantitative estimate of drug-likeness (QED) is 0.591. The fourth-order valence-corrected chi connectivity index (χ4v) is 2.75. The van der Waals surface area contributed by atoms with Gasteiger partial charge in [-0.25, -0.2) is 19.2 Å². The zero-order valence-corrected chi connectivity index (χ0v) is 11.2. The van der Waals surface area contributed by atoms with E-state index in [1.807, 2.05) is 0 Å². The third kappa shape index (κ3) is 3.14. The molecule has 0 bridgehead atoms. The summed E-state index contributed by atoms with van der Waals surface area (Å²) < 4.78 is 26.8. The summed E-state index contributed by atoms with van der Waals surface area (Å²) >= 11 is 5.73. The van der Waals surface area contributed by atoms with Gasteiger partial charge in [-0.3, -0.25) is 4.72 Å². The van der Waals surface area contributed by atoms with Gasteiger partial charge in [0.2, 0.25) is 0 Å². The Morgan fingerprint density at radius 1 is 1.16 bits per heavy atom. The normalized spacial score (nSPS) is 11.1. The minimum Gasteiger partial charge on any atom is -0.307 e. The molecule has 0 aliphatic heterocycles. The monoisotopic (exact) mass is 298 g/mol. The molecule has 0 saturated carbocycles. The Labute approximate surface area is 115 Å². The van der Waals surface area contributed by atoms with E-state index in [0.717, 1.165) is 0 Å². The fraction of sp³-hybridized carbons (Fsp3) is 0. The lowest BCUT2D eigenvalue weighted by Gasteiger charge is -2.10. The highest BCUT2D eigenvalue weighted by atomic mass is 35.5. The molecular formula is C11H11ClN4O2S.